The van der Waals surface area contributed by atoms with E-state index in [1.54, 1.807) is 0 Å². The fraction of sp³-hybridized carbons (Fsp3) is 0.882. The molecule has 2 unspecified atom stereocenters. The molecule has 0 aliphatic heterocycles. The summed E-state index contributed by atoms with van der Waals surface area (Å²) in [5, 5.41) is 0. The van der Waals surface area contributed by atoms with Crippen LogP contribution >= 0.6 is 7.82 Å². The lowest BCUT2D eigenvalue weighted by atomic mass is 10.1. The fourth-order valence-corrected chi connectivity index (χ4v) is 5.22. The summed E-state index contributed by atoms with van der Waals surface area (Å²) >= 11 is 0. The Morgan fingerprint density at radius 1 is 0.682 bits per heavy atom. The zero-order valence-electron chi connectivity index (χ0n) is 28.9. The summed E-state index contributed by atoms with van der Waals surface area (Å²) in [4.78, 5) is 34.8. The van der Waals surface area contributed by atoms with E-state index in [0.717, 1.165) is 64.2 Å². The maximum Gasteiger partial charge on any atom is 0.472 e. The minimum Gasteiger partial charge on any atom is -0.462 e. The van der Waals surface area contributed by atoms with E-state index in [4.69, 9.17) is 18.5 Å². The SMILES string of the molecule is CCCCCCCC/C=C\CCCCCCCC(=O)OC(COC(=O)CCCCCCC)COP(=O)(O)OCC[N+](C)(C)C. The van der Waals surface area contributed by atoms with Crippen LogP contribution in [0.5, 0.6) is 0 Å². The first-order valence-electron chi connectivity index (χ1n) is 17.4. The predicted octanol–water partition coefficient (Wildman–Crippen LogP) is 8.68. The zero-order valence-corrected chi connectivity index (χ0v) is 29.8. The minimum absolute atomic E-state index is 0.0320. The Morgan fingerprint density at radius 3 is 1.68 bits per heavy atom. The van der Waals surface area contributed by atoms with Crippen LogP contribution in [0.25, 0.3) is 0 Å². The number of esters is 2. The summed E-state index contributed by atoms with van der Waals surface area (Å²) < 4.78 is 33.9. The lowest BCUT2D eigenvalue weighted by Crippen LogP contribution is -2.37. The maximum absolute atomic E-state index is 12.5. The quantitative estimate of drug-likeness (QED) is 0.0262. The van der Waals surface area contributed by atoms with Crippen molar-refractivity contribution in [3.8, 4) is 0 Å². The molecule has 0 heterocycles. The summed E-state index contributed by atoms with van der Waals surface area (Å²) in [6.07, 6.45) is 24.4. The minimum atomic E-state index is -4.35. The average molecular weight is 649 g/mol. The van der Waals surface area contributed by atoms with Gasteiger partial charge in [-0.05, 0) is 38.5 Å². The van der Waals surface area contributed by atoms with Gasteiger partial charge in [0.25, 0.3) is 0 Å². The first kappa shape index (κ1) is 42.8. The van der Waals surface area contributed by atoms with E-state index < -0.39 is 26.5 Å². The van der Waals surface area contributed by atoms with Crippen molar-refractivity contribution >= 4 is 19.8 Å². The Morgan fingerprint density at radius 2 is 1.16 bits per heavy atom. The summed E-state index contributed by atoms with van der Waals surface area (Å²) in [7, 11) is 1.47. The molecule has 0 fully saturated rings. The van der Waals surface area contributed by atoms with Crippen LogP contribution in [0.3, 0.4) is 0 Å². The van der Waals surface area contributed by atoms with E-state index in [1.165, 1.54) is 44.9 Å². The number of allylic oxidation sites excluding steroid dienone is 2. The first-order chi connectivity index (χ1) is 21.0. The molecule has 0 aliphatic carbocycles. The number of unbranched alkanes of at least 4 members (excludes halogenated alkanes) is 15. The smallest absolute Gasteiger partial charge is 0.462 e. The third-order valence-electron chi connectivity index (χ3n) is 7.30. The number of rotatable bonds is 31. The largest absolute Gasteiger partial charge is 0.472 e. The van der Waals surface area contributed by atoms with Crippen molar-refractivity contribution in [1.29, 1.82) is 0 Å². The summed E-state index contributed by atoms with van der Waals surface area (Å²) in [6.45, 7) is 4.29. The number of likely N-dealkylation sites (N-methyl/N-ethyl adjacent to an activating group) is 1. The molecule has 0 spiro atoms. The molecule has 0 amide bonds. The van der Waals surface area contributed by atoms with Gasteiger partial charge in [-0.15, -0.1) is 0 Å². The highest BCUT2D eigenvalue weighted by atomic mass is 31.2. The predicted molar refractivity (Wildman–Crippen MR) is 178 cm³/mol. The van der Waals surface area contributed by atoms with Gasteiger partial charge in [-0.3, -0.25) is 18.6 Å². The molecule has 0 radical (unpaired) electrons. The van der Waals surface area contributed by atoms with Gasteiger partial charge in [0.15, 0.2) is 6.10 Å². The van der Waals surface area contributed by atoms with Crippen LogP contribution in [0.15, 0.2) is 12.2 Å². The second kappa shape index (κ2) is 28.0. The van der Waals surface area contributed by atoms with E-state index in [2.05, 4.69) is 26.0 Å². The molecule has 260 valence electrons. The lowest BCUT2D eigenvalue weighted by molar-refractivity contribution is -0.870. The van der Waals surface area contributed by atoms with Crippen LogP contribution in [0, 0.1) is 0 Å². The molecule has 10 heteroatoms. The molecule has 1 N–H and O–H groups in total. The van der Waals surface area contributed by atoms with Gasteiger partial charge in [0.1, 0.15) is 19.8 Å². The van der Waals surface area contributed by atoms with Crippen molar-refractivity contribution < 1.29 is 42.1 Å². The van der Waals surface area contributed by atoms with Gasteiger partial charge >= 0.3 is 19.8 Å². The number of quaternary nitrogens is 1. The molecule has 2 atom stereocenters. The molecular weight excluding hydrogens is 581 g/mol. The van der Waals surface area contributed by atoms with Crippen LogP contribution in [-0.2, 0) is 32.7 Å². The fourth-order valence-electron chi connectivity index (χ4n) is 4.48. The Bertz CT molecular complexity index is 784. The van der Waals surface area contributed by atoms with Crippen LogP contribution in [0.1, 0.15) is 142 Å². The molecular formula is C34H67NO8P+. The number of nitrogens with zero attached hydrogens (tertiary/aromatic N) is 1. The Kier molecular flexibility index (Phi) is 27.2. The van der Waals surface area contributed by atoms with E-state index >= 15 is 0 Å². The number of phosphoric ester groups is 1. The van der Waals surface area contributed by atoms with Crippen molar-refractivity contribution in [3.05, 3.63) is 12.2 Å². The number of ether oxygens (including phenoxy) is 2. The van der Waals surface area contributed by atoms with Gasteiger partial charge < -0.3 is 18.9 Å². The normalized spacial score (nSPS) is 14.0. The van der Waals surface area contributed by atoms with Crippen molar-refractivity contribution in [2.75, 3.05) is 47.5 Å². The van der Waals surface area contributed by atoms with Crippen molar-refractivity contribution in [2.45, 2.75) is 148 Å². The Balaban J connectivity index is 4.38. The van der Waals surface area contributed by atoms with Crippen LogP contribution in [-0.4, -0.2) is 74.9 Å². The average Bonchev–Trinajstić information content (AvgIpc) is 2.95. The van der Waals surface area contributed by atoms with Crippen molar-refractivity contribution in [2.24, 2.45) is 0 Å². The van der Waals surface area contributed by atoms with Crippen molar-refractivity contribution in [1.82, 2.24) is 0 Å². The maximum atomic E-state index is 12.5. The molecule has 0 saturated heterocycles. The monoisotopic (exact) mass is 648 g/mol. The molecule has 9 nitrogen and oxygen atoms in total. The molecule has 44 heavy (non-hydrogen) atoms. The highest BCUT2D eigenvalue weighted by Crippen LogP contribution is 2.43. The highest BCUT2D eigenvalue weighted by molar-refractivity contribution is 7.47. The van der Waals surface area contributed by atoms with E-state index in [1.807, 2.05) is 21.1 Å². The number of carbonyl (C=O) groups is 2. The third-order valence-corrected chi connectivity index (χ3v) is 8.28. The molecule has 0 aromatic carbocycles. The highest BCUT2D eigenvalue weighted by Gasteiger charge is 2.27. The van der Waals surface area contributed by atoms with Gasteiger partial charge in [0, 0.05) is 12.8 Å². The second-order valence-electron chi connectivity index (χ2n) is 12.9. The molecule has 0 rings (SSSR count). The van der Waals surface area contributed by atoms with Gasteiger partial charge in [0.05, 0.1) is 27.7 Å². The number of phosphoric acid groups is 1. The van der Waals surface area contributed by atoms with Gasteiger partial charge in [-0.2, -0.15) is 0 Å². The second-order valence-corrected chi connectivity index (χ2v) is 14.4. The number of hydrogen-bond donors (Lipinski definition) is 1. The summed E-state index contributed by atoms with van der Waals surface area (Å²) in [5.74, 6) is -0.822. The van der Waals surface area contributed by atoms with Gasteiger partial charge in [0.2, 0.25) is 0 Å². The Hall–Kier alpha value is -1.25. The van der Waals surface area contributed by atoms with E-state index in [0.29, 0.717) is 17.4 Å². The topological polar surface area (TPSA) is 108 Å². The Labute approximate surface area is 269 Å². The van der Waals surface area contributed by atoms with Crippen LogP contribution in [0.2, 0.25) is 0 Å². The number of hydrogen-bond acceptors (Lipinski definition) is 7. The molecule has 0 aliphatic rings. The zero-order chi connectivity index (χ0) is 32.9. The summed E-state index contributed by atoms with van der Waals surface area (Å²) in [5.41, 5.74) is 0. The summed E-state index contributed by atoms with van der Waals surface area (Å²) in [6, 6.07) is 0. The van der Waals surface area contributed by atoms with Crippen LogP contribution < -0.4 is 0 Å². The van der Waals surface area contributed by atoms with Crippen molar-refractivity contribution in [3.63, 3.8) is 0 Å². The van der Waals surface area contributed by atoms with E-state index in [9.17, 15) is 19.0 Å². The standard InChI is InChI=1S/C34H66NO8P/c1-6-8-10-12-13-14-15-16-17-18-19-20-21-23-25-27-34(37)43-32(30-40-33(36)26-24-22-11-9-7-2)31-42-44(38,39)41-29-28-35(3,4)5/h16-17,32H,6-15,18-31H2,1-5H3/p+1/b17-16-. The first-order valence-corrected chi connectivity index (χ1v) is 18.9. The van der Waals surface area contributed by atoms with Crippen LogP contribution in [0.4, 0.5) is 0 Å². The third kappa shape index (κ3) is 30.8. The van der Waals surface area contributed by atoms with E-state index in [-0.39, 0.29) is 32.0 Å². The molecule has 0 bridgehead atoms. The lowest BCUT2D eigenvalue weighted by Gasteiger charge is -2.24. The number of carbonyl (C=O) groups excluding carboxylic acids is 2. The van der Waals surface area contributed by atoms with Gasteiger partial charge in [-0.1, -0.05) is 103 Å². The molecule has 0 aromatic heterocycles. The molecule has 0 aromatic rings. The molecule has 0 saturated carbocycles. The van der Waals surface area contributed by atoms with Gasteiger partial charge in [-0.25, -0.2) is 4.57 Å².